The van der Waals surface area contributed by atoms with Gasteiger partial charge in [0.1, 0.15) is 16.8 Å². The molecule has 0 aromatic carbocycles. The van der Waals surface area contributed by atoms with E-state index in [4.69, 9.17) is 10.2 Å². The van der Waals surface area contributed by atoms with Gasteiger partial charge in [0.05, 0.1) is 16.3 Å². The van der Waals surface area contributed by atoms with Crippen LogP contribution in [0.1, 0.15) is 30.1 Å². The number of pyridine rings is 2. The van der Waals surface area contributed by atoms with Crippen molar-refractivity contribution in [1.29, 1.82) is 5.26 Å². The highest BCUT2D eigenvalue weighted by Gasteiger charge is 2.30. The van der Waals surface area contributed by atoms with Crippen LogP contribution in [0.5, 0.6) is 0 Å². The molecule has 0 spiro atoms. The molecule has 0 saturated heterocycles. The Hall–Kier alpha value is -2.58. The lowest BCUT2D eigenvalue weighted by molar-refractivity contribution is 1.05. The number of nitrogens with zero attached hydrogens (tertiary/aromatic N) is 4. The molecule has 0 atom stereocenters. The Morgan fingerprint density at radius 3 is 2.77 bits per heavy atom. The molecular weight excluding hydrogens is 292 g/mol. The van der Waals surface area contributed by atoms with Gasteiger partial charge in [0.25, 0.3) is 0 Å². The predicted molar refractivity (Wildman–Crippen MR) is 85.3 cm³/mol. The molecule has 3 aromatic heterocycles. The molecule has 1 saturated carbocycles. The lowest BCUT2D eigenvalue weighted by Gasteiger charge is -2.00. The topological polar surface area (TPSA) is 62.5 Å². The quantitative estimate of drug-likeness (QED) is 0.733. The van der Waals surface area contributed by atoms with E-state index >= 15 is 0 Å². The highest BCUT2D eigenvalue weighted by molar-refractivity contribution is 7.18. The van der Waals surface area contributed by atoms with Gasteiger partial charge >= 0.3 is 0 Å². The van der Waals surface area contributed by atoms with Crippen molar-refractivity contribution in [2.24, 2.45) is 0 Å². The van der Waals surface area contributed by atoms with Gasteiger partial charge in [-0.05, 0) is 37.1 Å². The first-order valence-electron chi connectivity index (χ1n) is 7.14. The van der Waals surface area contributed by atoms with Gasteiger partial charge in [-0.2, -0.15) is 5.26 Å². The van der Waals surface area contributed by atoms with Crippen molar-refractivity contribution in [2.45, 2.75) is 18.8 Å². The zero-order chi connectivity index (χ0) is 14.9. The van der Waals surface area contributed by atoms with Crippen molar-refractivity contribution >= 4 is 11.3 Å². The average Bonchev–Trinajstić information content (AvgIpc) is 3.34. The monoisotopic (exact) mass is 304 g/mol. The van der Waals surface area contributed by atoms with Crippen molar-refractivity contribution in [3.8, 4) is 27.2 Å². The molecule has 0 aliphatic heterocycles. The number of nitriles is 1. The summed E-state index contributed by atoms with van der Waals surface area (Å²) in [4.78, 5) is 14.5. The minimum absolute atomic E-state index is 0.440. The number of thiazole rings is 1. The highest BCUT2D eigenvalue weighted by Crippen LogP contribution is 2.47. The van der Waals surface area contributed by atoms with Crippen molar-refractivity contribution in [1.82, 2.24) is 15.0 Å². The molecule has 0 unspecified atom stereocenters. The van der Waals surface area contributed by atoms with Gasteiger partial charge in [-0.3, -0.25) is 4.98 Å². The number of hydrogen-bond donors (Lipinski definition) is 0. The number of hydrogen-bond acceptors (Lipinski definition) is 5. The van der Waals surface area contributed by atoms with Gasteiger partial charge in [-0.1, -0.05) is 6.07 Å². The first-order valence-corrected chi connectivity index (χ1v) is 7.95. The molecule has 4 nitrogen and oxygen atoms in total. The van der Waals surface area contributed by atoms with E-state index < -0.39 is 0 Å². The normalized spacial score (nSPS) is 13.8. The van der Waals surface area contributed by atoms with E-state index in [1.54, 1.807) is 23.6 Å². The Kier molecular flexibility index (Phi) is 3.17. The minimum Gasteiger partial charge on any atom is -0.264 e. The van der Waals surface area contributed by atoms with Crippen LogP contribution in [0.25, 0.3) is 21.1 Å². The molecular formula is C17H12N4S. The van der Waals surface area contributed by atoms with E-state index in [9.17, 15) is 0 Å². The molecule has 106 valence electrons. The summed E-state index contributed by atoms with van der Waals surface area (Å²) in [6.45, 7) is 0. The van der Waals surface area contributed by atoms with Gasteiger partial charge in [-0.15, -0.1) is 11.3 Å². The van der Waals surface area contributed by atoms with E-state index in [1.807, 2.05) is 30.5 Å². The van der Waals surface area contributed by atoms with Gasteiger partial charge < -0.3 is 0 Å². The van der Waals surface area contributed by atoms with E-state index in [0.717, 1.165) is 26.8 Å². The van der Waals surface area contributed by atoms with Gasteiger partial charge in [-0.25, -0.2) is 9.97 Å². The molecule has 0 N–H and O–H groups in total. The largest absolute Gasteiger partial charge is 0.264 e. The summed E-state index contributed by atoms with van der Waals surface area (Å²) >= 11 is 1.63. The van der Waals surface area contributed by atoms with Crippen LogP contribution in [0.15, 0.2) is 42.7 Å². The summed E-state index contributed by atoms with van der Waals surface area (Å²) < 4.78 is 0. The molecule has 22 heavy (non-hydrogen) atoms. The van der Waals surface area contributed by atoms with E-state index in [-0.39, 0.29) is 0 Å². The fraction of sp³-hybridized carbons (Fsp3) is 0.176. The van der Waals surface area contributed by atoms with E-state index in [1.165, 1.54) is 12.8 Å². The third-order valence-corrected chi connectivity index (χ3v) is 4.76. The maximum atomic E-state index is 9.05. The van der Waals surface area contributed by atoms with Crippen molar-refractivity contribution in [3.63, 3.8) is 0 Å². The fourth-order valence-electron chi connectivity index (χ4n) is 2.39. The van der Waals surface area contributed by atoms with Crippen LogP contribution in [-0.4, -0.2) is 15.0 Å². The van der Waals surface area contributed by atoms with E-state index in [0.29, 0.717) is 11.6 Å². The maximum Gasteiger partial charge on any atom is 0.141 e. The second kappa shape index (κ2) is 5.32. The van der Waals surface area contributed by atoms with Crippen LogP contribution in [-0.2, 0) is 0 Å². The van der Waals surface area contributed by atoms with Crippen LogP contribution in [0.3, 0.4) is 0 Å². The standard InChI is InChI=1S/C17H12N4S/c18-9-13-4-1-5-14(20-13)16-15(11-6-7-11)21-17(22-16)12-3-2-8-19-10-12/h1-5,8,10-11H,6-7H2. The maximum absolute atomic E-state index is 9.05. The first kappa shape index (κ1) is 13.1. The molecule has 0 bridgehead atoms. The summed E-state index contributed by atoms with van der Waals surface area (Å²) in [5.74, 6) is 0.532. The Morgan fingerprint density at radius 1 is 1.14 bits per heavy atom. The fourth-order valence-corrected chi connectivity index (χ4v) is 3.50. The average molecular weight is 304 g/mol. The SMILES string of the molecule is N#Cc1cccc(-c2sc(-c3cccnc3)nc2C2CC2)n1. The predicted octanol–water partition coefficient (Wildman–Crippen LogP) is 4.02. The lowest BCUT2D eigenvalue weighted by Crippen LogP contribution is -1.89. The summed E-state index contributed by atoms with van der Waals surface area (Å²) in [7, 11) is 0. The summed E-state index contributed by atoms with van der Waals surface area (Å²) in [6, 6.07) is 11.6. The Balaban J connectivity index is 1.84. The highest BCUT2D eigenvalue weighted by atomic mass is 32.1. The van der Waals surface area contributed by atoms with E-state index in [2.05, 4.69) is 16.0 Å². The smallest absolute Gasteiger partial charge is 0.141 e. The van der Waals surface area contributed by atoms with Gasteiger partial charge in [0.2, 0.25) is 0 Å². The zero-order valence-corrected chi connectivity index (χ0v) is 12.5. The first-order chi connectivity index (χ1) is 10.8. The number of rotatable bonds is 3. The van der Waals surface area contributed by atoms with Crippen molar-refractivity contribution in [2.75, 3.05) is 0 Å². The van der Waals surface area contributed by atoms with Gasteiger partial charge in [0.15, 0.2) is 0 Å². The second-order valence-electron chi connectivity index (χ2n) is 5.27. The van der Waals surface area contributed by atoms with Crippen LogP contribution in [0.4, 0.5) is 0 Å². The number of aromatic nitrogens is 3. The summed E-state index contributed by atoms with van der Waals surface area (Å²) in [6.07, 6.45) is 5.96. The molecule has 0 amide bonds. The third-order valence-electron chi connectivity index (χ3n) is 3.62. The molecule has 1 fully saturated rings. The van der Waals surface area contributed by atoms with Gasteiger partial charge in [0, 0.05) is 23.9 Å². The Bertz CT molecular complexity index is 860. The van der Waals surface area contributed by atoms with Crippen molar-refractivity contribution < 1.29 is 0 Å². The second-order valence-corrected chi connectivity index (χ2v) is 6.27. The molecule has 4 rings (SSSR count). The zero-order valence-electron chi connectivity index (χ0n) is 11.7. The lowest BCUT2D eigenvalue weighted by atomic mass is 10.2. The molecule has 0 radical (unpaired) electrons. The van der Waals surface area contributed by atoms with Crippen LogP contribution in [0, 0.1) is 11.3 Å². The van der Waals surface area contributed by atoms with Crippen LogP contribution < -0.4 is 0 Å². The summed E-state index contributed by atoms with van der Waals surface area (Å²) in [5, 5.41) is 10.0. The Morgan fingerprint density at radius 2 is 2.05 bits per heavy atom. The van der Waals surface area contributed by atoms with Crippen LogP contribution in [0.2, 0.25) is 0 Å². The molecule has 3 heterocycles. The minimum atomic E-state index is 0.440. The molecule has 1 aliphatic carbocycles. The molecule has 3 aromatic rings. The van der Waals surface area contributed by atoms with Crippen molar-refractivity contribution in [3.05, 3.63) is 54.1 Å². The molecule has 1 aliphatic rings. The molecule has 5 heteroatoms. The summed E-state index contributed by atoms with van der Waals surface area (Å²) in [5.41, 5.74) is 3.42. The van der Waals surface area contributed by atoms with Crippen LogP contribution >= 0.6 is 11.3 Å². The Labute approximate surface area is 132 Å². The third kappa shape index (κ3) is 2.38.